The lowest BCUT2D eigenvalue weighted by atomic mass is 10.1. The zero-order valence-electron chi connectivity index (χ0n) is 24.5. The molecule has 10 nitrogen and oxygen atoms in total. The van der Waals surface area contributed by atoms with Gasteiger partial charge in [0.15, 0.2) is 5.82 Å². The van der Waals surface area contributed by atoms with Crippen LogP contribution in [0.4, 0.5) is 5.82 Å². The van der Waals surface area contributed by atoms with Crippen molar-refractivity contribution in [3.8, 4) is 17.3 Å². The van der Waals surface area contributed by atoms with Crippen molar-refractivity contribution >= 4 is 33.8 Å². The van der Waals surface area contributed by atoms with Gasteiger partial charge in [-0.1, -0.05) is 0 Å². The van der Waals surface area contributed by atoms with Gasteiger partial charge in [0, 0.05) is 62.1 Å². The molecule has 10 heteroatoms. The zero-order chi connectivity index (χ0) is 29.2. The summed E-state index contributed by atoms with van der Waals surface area (Å²) in [6.45, 7) is 2.29. The van der Waals surface area contributed by atoms with E-state index in [-0.39, 0.29) is 18.0 Å². The van der Waals surface area contributed by atoms with Gasteiger partial charge < -0.3 is 29.8 Å². The number of hydrogen-bond donors (Lipinski definition) is 2. The summed E-state index contributed by atoms with van der Waals surface area (Å²) in [7, 11) is 3.67. The van der Waals surface area contributed by atoms with Gasteiger partial charge in [-0.3, -0.25) is 9.78 Å². The van der Waals surface area contributed by atoms with Gasteiger partial charge in [0.25, 0.3) is 5.91 Å². The summed E-state index contributed by atoms with van der Waals surface area (Å²) in [4.78, 5) is 29.9. The highest BCUT2D eigenvalue weighted by Crippen LogP contribution is 2.40. The number of nitrogens with zero attached hydrogens (tertiary/aromatic N) is 6. The Morgan fingerprint density at radius 3 is 2.63 bits per heavy atom. The van der Waals surface area contributed by atoms with E-state index in [1.807, 2.05) is 42.3 Å². The number of piperidine rings is 1. The Morgan fingerprint density at radius 1 is 1.07 bits per heavy atom. The number of carbonyl (C=O) groups excluding carboxylic acids is 1. The van der Waals surface area contributed by atoms with E-state index < -0.39 is 0 Å². The Bertz CT molecular complexity index is 1860. The third-order valence-electron chi connectivity index (χ3n) is 9.65. The molecule has 2 aliphatic carbocycles. The van der Waals surface area contributed by atoms with E-state index in [9.17, 15) is 4.79 Å². The van der Waals surface area contributed by atoms with E-state index in [1.165, 1.54) is 12.8 Å². The minimum atomic E-state index is 0.00824. The van der Waals surface area contributed by atoms with Crippen LogP contribution in [0.3, 0.4) is 0 Å². The van der Waals surface area contributed by atoms with Crippen LogP contribution in [0, 0.1) is 11.8 Å². The topological polar surface area (TPSA) is 116 Å². The van der Waals surface area contributed by atoms with Gasteiger partial charge in [0.05, 0.1) is 18.3 Å². The van der Waals surface area contributed by atoms with Crippen LogP contribution in [0.2, 0.25) is 0 Å². The van der Waals surface area contributed by atoms with Crippen molar-refractivity contribution in [2.24, 2.45) is 24.6 Å². The number of rotatable bonds is 8. The number of nitrogens with two attached hydrogens (primary N) is 1. The Labute approximate surface area is 249 Å². The van der Waals surface area contributed by atoms with Gasteiger partial charge >= 0.3 is 0 Å². The SMILES string of the molecule is COc1cc(C(=O)N2CC3CCC2[C@@H]3N)cc2nc(-c3cc4ccc(NCc5ccncc5)nc4n3CC3CC3)n(C)c12. The van der Waals surface area contributed by atoms with Gasteiger partial charge in [0.1, 0.15) is 22.7 Å². The summed E-state index contributed by atoms with van der Waals surface area (Å²) in [6, 6.07) is 14.3. The van der Waals surface area contributed by atoms with Crippen molar-refractivity contribution in [3.63, 3.8) is 0 Å². The monoisotopic (exact) mass is 576 g/mol. The molecule has 4 aromatic heterocycles. The number of pyridine rings is 2. The Balaban J connectivity index is 1.18. The molecule has 5 heterocycles. The van der Waals surface area contributed by atoms with Crippen molar-refractivity contribution < 1.29 is 9.53 Å². The highest BCUT2D eigenvalue weighted by atomic mass is 16.5. The van der Waals surface area contributed by atoms with Gasteiger partial charge in [-0.15, -0.1) is 0 Å². The van der Waals surface area contributed by atoms with Crippen molar-refractivity contribution in [2.45, 2.75) is 50.9 Å². The maximum Gasteiger partial charge on any atom is 0.254 e. The van der Waals surface area contributed by atoms with Crippen LogP contribution in [0.5, 0.6) is 5.75 Å². The summed E-state index contributed by atoms with van der Waals surface area (Å²) in [6.07, 6.45) is 8.14. The Kier molecular flexibility index (Phi) is 6.15. The predicted octanol–water partition coefficient (Wildman–Crippen LogP) is 4.58. The standard InChI is InChI=1S/C33H36N8O2/c1-39-30-24(13-23(15-27(30)43-2)33(42)41-18-22-5-7-25(41)29(22)34)37-32(39)26-14-21-6-8-28(36-16-19-9-11-35-12-10-19)38-31(21)40(26)17-20-3-4-20/h6,8-15,20,22,25,29H,3-5,7,16-18,34H2,1-2H3,(H,36,38)/t22?,25?,29-/m1/s1. The molecule has 1 aromatic carbocycles. The maximum absolute atomic E-state index is 13.7. The fourth-order valence-electron chi connectivity index (χ4n) is 7.11. The average Bonchev–Trinajstić information content (AvgIpc) is 3.44. The van der Waals surface area contributed by atoms with E-state index in [2.05, 4.69) is 31.6 Å². The molecule has 2 unspecified atom stereocenters. The number of methoxy groups -OCH3 is 1. The first kappa shape index (κ1) is 26.2. The molecule has 0 radical (unpaired) electrons. The van der Waals surface area contributed by atoms with Crippen molar-refractivity contribution in [1.82, 2.24) is 29.0 Å². The van der Waals surface area contributed by atoms with E-state index in [0.29, 0.717) is 29.7 Å². The summed E-state index contributed by atoms with van der Waals surface area (Å²) in [5, 5.41) is 4.54. The fourth-order valence-corrected chi connectivity index (χ4v) is 7.11. The lowest BCUT2D eigenvalue weighted by Gasteiger charge is -2.27. The Morgan fingerprint density at radius 2 is 1.91 bits per heavy atom. The first-order chi connectivity index (χ1) is 21.0. The van der Waals surface area contributed by atoms with E-state index >= 15 is 0 Å². The smallest absolute Gasteiger partial charge is 0.254 e. The van der Waals surface area contributed by atoms with Gasteiger partial charge in [-0.05, 0) is 85.5 Å². The third-order valence-corrected chi connectivity index (χ3v) is 9.65. The predicted molar refractivity (Wildman–Crippen MR) is 166 cm³/mol. The lowest BCUT2D eigenvalue weighted by molar-refractivity contribution is 0.0700. The summed E-state index contributed by atoms with van der Waals surface area (Å²) in [5.74, 6) is 3.34. The van der Waals surface area contributed by atoms with E-state index in [1.54, 1.807) is 19.5 Å². The molecule has 1 aliphatic heterocycles. The molecule has 0 spiro atoms. The van der Waals surface area contributed by atoms with Crippen molar-refractivity contribution in [1.29, 1.82) is 0 Å². The summed E-state index contributed by atoms with van der Waals surface area (Å²) < 4.78 is 10.2. The minimum absolute atomic E-state index is 0.00824. The fraction of sp³-hybridized carbons (Fsp3) is 0.394. The number of hydrogen-bond acceptors (Lipinski definition) is 7. The molecular weight excluding hydrogens is 540 g/mol. The number of fused-ring (bicyclic) bond motifs is 4. The zero-order valence-corrected chi connectivity index (χ0v) is 24.5. The largest absolute Gasteiger partial charge is 0.494 e. The number of aryl methyl sites for hydroxylation is 1. The molecule has 3 aliphatic rings. The van der Waals surface area contributed by atoms with Crippen LogP contribution < -0.4 is 15.8 Å². The number of ether oxygens (including phenoxy) is 1. The molecule has 220 valence electrons. The van der Waals surface area contributed by atoms with Gasteiger partial charge in [0.2, 0.25) is 0 Å². The average molecular weight is 577 g/mol. The number of likely N-dealkylation sites (tertiary alicyclic amines) is 1. The second-order valence-corrected chi connectivity index (χ2v) is 12.4. The number of amides is 1. The molecule has 1 amide bonds. The van der Waals surface area contributed by atoms with Gasteiger partial charge in [-0.25, -0.2) is 9.97 Å². The van der Waals surface area contributed by atoms with Crippen molar-refractivity contribution in [2.75, 3.05) is 19.0 Å². The molecular formula is C33H36N8O2. The van der Waals surface area contributed by atoms with Gasteiger partial charge in [-0.2, -0.15) is 0 Å². The molecule has 2 saturated carbocycles. The number of benzene rings is 1. The maximum atomic E-state index is 13.7. The Hall–Kier alpha value is -4.44. The number of carbonyl (C=O) groups is 1. The van der Waals surface area contributed by atoms with E-state index in [4.69, 9.17) is 20.4 Å². The highest BCUT2D eigenvalue weighted by molar-refractivity contribution is 6.00. The number of aromatic nitrogens is 5. The molecule has 43 heavy (non-hydrogen) atoms. The highest BCUT2D eigenvalue weighted by Gasteiger charge is 2.47. The quantitative estimate of drug-likeness (QED) is 0.278. The normalized spacial score (nSPS) is 21.3. The molecule has 2 bridgehead atoms. The third kappa shape index (κ3) is 4.43. The van der Waals surface area contributed by atoms with Crippen LogP contribution in [0.15, 0.2) is 54.9 Å². The lowest BCUT2D eigenvalue weighted by Crippen LogP contribution is -2.41. The molecule has 8 rings (SSSR count). The van der Waals surface area contributed by atoms with Crippen LogP contribution >= 0.6 is 0 Å². The van der Waals surface area contributed by atoms with Crippen molar-refractivity contribution in [3.05, 3.63) is 66.0 Å². The molecule has 5 aromatic rings. The molecule has 3 atom stereocenters. The summed E-state index contributed by atoms with van der Waals surface area (Å²) in [5.41, 5.74) is 11.7. The number of anilines is 1. The first-order valence-electron chi connectivity index (χ1n) is 15.2. The van der Waals surface area contributed by atoms with Crippen LogP contribution in [0.25, 0.3) is 33.6 Å². The van der Waals surface area contributed by atoms with E-state index in [0.717, 1.165) is 70.9 Å². The number of imidazole rings is 1. The molecule has 3 fully saturated rings. The van der Waals surface area contributed by atoms with Crippen LogP contribution in [-0.2, 0) is 20.1 Å². The number of nitrogens with one attached hydrogen (secondary N) is 1. The van der Waals surface area contributed by atoms with Crippen LogP contribution in [-0.4, -0.2) is 60.6 Å². The van der Waals surface area contributed by atoms with Crippen LogP contribution in [0.1, 0.15) is 41.6 Å². The second kappa shape index (κ2) is 10.1. The second-order valence-electron chi connectivity index (χ2n) is 12.4. The summed E-state index contributed by atoms with van der Waals surface area (Å²) >= 11 is 0. The molecule has 1 saturated heterocycles. The first-order valence-corrected chi connectivity index (χ1v) is 15.2. The minimum Gasteiger partial charge on any atom is -0.494 e. The molecule has 3 N–H and O–H groups in total.